The van der Waals surface area contributed by atoms with Gasteiger partial charge >= 0.3 is 12.1 Å². The van der Waals surface area contributed by atoms with E-state index in [1.807, 2.05) is 12.1 Å². The molecule has 3 aromatic rings. The Morgan fingerprint density at radius 2 is 1.69 bits per heavy atom. The third-order valence-electron chi connectivity index (χ3n) is 3.80. The lowest BCUT2D eigenvalue weighted by molar-refractivity contribution is -0.192. The van der Waals surface area contributed by atoms with Gasteiger partial charge in [0.25, 0.3) is 0 Å². The molecule has 8 heteroatoms. The Morgan fingerprint density at radius 1 is 1.15 bits per heavy atom. The monoisotopic (exact) mass is 365 g/mol. The number of carboxylic acid groups (broad SMARTS) is 1. The van der Waals surface area contributed by atoms with Gasteiger partial charge in [-0.15, -0.1) is 0 Å². The van der Waals surface area contributed by atoms with Crippen LogP contribution in [0, 0.1) is 13.8 Å². The zero-order chi connectivity index (χ0) is 19.5. The summed E-state index contributed by atoms with van der Waals surface area (Å²) in [6.07, 6.45) is -5.08. The summed E-state index contributed by atoms with van der Waals surface area (Å²) >= 11 is 0. The second kappa shape index (κ2) is 7.57. The number of fused-ring (bicyclic) bond motifs is 1. The van der Waals surface area contributed by atoms with E-state index in [0.29, 0.717) is 6.54 Å². The van der Waals surface area contributed by atoms with E-state index in [2.05, 4.69) is 48.1 Å². The van der Waals surface area contributed by atoms with E-state index in [1.54, 1.807) is 0 Å². The highest BCUT2D eigenvalue weighted by Crippen LogP contribution is 2.23. The van der Waals surface area contributed by atoms with E-state index >= 15 is 0 Å². The minimum atomic E-state index is -5.08. The summed E-state index contributed by atoms with van der Waals surface area (Å²) in [5.74, 6) is -1.85. The van der Waals surface area contributed by atoms with Gasteiger partial charge in [-0.2, -0.15) is 13.2 Å². The fourth-order valence-corrected chi connectivity index (χ4v) is 2.20. The molecule has 0 radical (unpaired) electrons. The zero-order valence-electron chi connectivity index (χ0n) is 14.2. The highest BCUT2D eigenvalue weighted by Gasteiger charge is 2.38. The maximum absolute atomic E-state index is 10.6. The van der Waals surface area contributed by atoms with E-state index < -0.39 is 12.1 Å². The normalized spacial score (nSPS) is 11.2. The maximum atomic E-state index is 10.6. The number of nitrogens with one attached hydrogen (secondary N) is 1. The van der Waals surface area contributed by atoms with E-state index in [0.717, 1.165) is 28.0 Å². The molecule has 0 spiro atoms. The summed E-state index contributed by atoms with van der Waals surface area (Å²) in [6, 6.07) is 12.5. The van der Waals surface area contributed by atoms with Gasteiger partial charge in [0.1, 0.15) is 5.82 Å². The first-order valence-corrected chi connectivity index (χ1v) is 7.68. The molecule has 0 atom stereocenters. The SMILES string of the molecule is Cc1cc2nc(-c3ccc(CN)cc3)[nH]c2cc1C.O=C(O)C(F)(F)F. The smallest absolute Gasteiger partial charge is 0.475 e. The number of benzene rings is 2. The summed E-state index contributed by atoms with van der Waals surface area (Å²) < 4.78 is 31.7. The average Bonchev–Trinajstić information content (AvgIpc) is 2.98. The van der Waals surface area contributed by atoms with Gasteiger partial charge in [-0.05, 0) is 42.7 Å². The Morgan fingerprint density at radius 3 is 2.19 bits per heavy atom. The van der Waals surface area contributed by atoms with Crippen LogP contribution in [0.15, 0.2) is 36.4 Å². The Labute approximate surface area is 147 Å². The molecule has 0 saturated heterocycles. The average molecular weight is 365 g/mol. The van der Waals surface area contributed by atoms with Gasteiger partial charge in [0, 0.05) is 12.1 Å². The number of carbonyl (C=O) groups is 1. The molecular weight excluding hydrogens is 347 g/mol. The lowest BCUT2D eigenvalue weighted by atomic mass is 10.1. The number of aromatic amines is 1. The molecule has 0 aliphatic heterocycles. The number of hydrogen-bond acceptors (Lipinski definition) is 3. The Bertz CT molecular complexity index is 877. The van der Waals surface area contributed by atoms with Gasteiger partial charge in [-0.25, -0.2) is 9.78 Å². The van der Waals surface area contributed by atoms with Crippen molar-refractivity contribution < 1.29 is 23.1 Å². The topological polar surface area (TPSA) is 92.0 Å². The number of imidazole rings is 1. The number of carboxylic acids is 1. The van der Waals surface area contributed by atoms with E-state index in [9.17, 15) is 13.2 Å². The number of rotatable bonds is 2. The van der Waals surface area contributed by atoms with Gasteiger partial charge in [0.2, 0.25) is 0 Å². The molecule has 0 unspecified atom stereocenters. The molecule has 1 heterocycles. The molecule has 26 heavy (non-hydrogen) atoms. The highest BCUT2D eigenvalue weighted by molar-refractivity contribution is 5.81. The molecular formula is C18H18F3N3O2. The van der Waals surface area contributed by atoms with Crippen LogP contribution >= 0.6 is 0 Å². The van der Waals surface area contributed by atoms with Gasteiger partial charge in [-0.3, -0.25) is 0 Å². The molecule has 0 saturated carbocycles. The summed E-state index contributed by atoms with van der Waals surface area (Å²) in [6.45, 7) is 4.79. The number of alkyl halides is 3. The summed E-state index contributed by atoms with van der Waals surface area (Å²) in [5, 5.41) is 7.12. The summed E-state index contributed by atoms with van der Waals surface area (Å²) in [4.78, 5) is 16.9. The van der Waals surface area contributed by atoms with E-state index in [1.165, 1.54) is 11.1 Å². The molecule has 0 aliphatic carbocycles. The Balaban J connectivity index is 0.000000298. The van der Waals surface area contributed by atoms with Crippen LogP contribution in [-0.2, 0) is 11.3 Å². The number of halogens is 3. The lowest BCUT2D eigenvalue weighted by Gasteiger charge is -1.98. The van der Waals surface area contributed by atoms with Crippen molar-refractivity contribution in [2.24, 2.45) is 5.73 Å². The number of nitrogens with two attached hydrogens (primary N) is 1. The molecule has 0 bridgehead atoms. The minimum absolute atomic E-state index is 0.568. The van der Waals surface area contributed by atoms with Crippen molar-refractivity contribution >= 4 is 17.0 Å². The second-order valence-corrected chi connectivity index (χ2v) is 5.74. The van der Waals surface area contributed by atoms with Crippen molar-refractivity contribution in [1.82, 2.24) is 9.97 Å². The molecule has 0 amide bonds. The zero-order valence-corrected chi connectivity index (χ0v) is 14.2. The number of nitrogens with zero attached hydrogens (tertiary/aromatic N) is 1. The van der Waals surface area contributed by atoms with Crippen molar-refractivity contribution in [2.75, 3.05) is 0 Å². The van der Waals surface area contributed by atoms with Crippen LogP contribution in [-0.4, -0.2) is 27.2 Å². The standard InChI is InChI=1S/C16H17N3.C2HF3O2/c1-10-7-14-15(8-11(10)2)19-16(18-14)13-5-3-12(9-17)4-6-13;3-2(4,5)1(6)7/h3-8H,9,17H2,1-2H3,(H,18,19);(H,6,7). The fourth-order valence-electron chi connectivity index (χ4n) is 2.20. The van der Waals surface area contributed by atoms with Crippen molar-refractivity contribution in [3.05, 3.63) is 53.1 Å². The Kier molecular flexibility index (Phi) is 5.66. The van der Waals surface area contributed by atoms with E-state index in [-0.39, 0.29) is 0 Å². The van der Waals surface area contributed by atoms with Crippen LogP contribution in [0.4, 0.5) is 13.2 Å². The van der Waals surface area contributed by atoms with Crippen LogP contribution in [0.3, 0.4) is 0 Å². The van der Waals surface area contributed by atoms with E-state index in [4.69, 9.17) is 15.6 Å². The lowest BCUT2D eigenvalue weighted by Crippen LogP contribution is -2.21. The molecule has 0 aliphatic rings. The predicted molar refractivity (Wildman–Crippen MR) is 92.6 cm³/mol. The van der Waals surface area contributed by atoms with Crippen LogP contribution in [0.5, 0.6) is 0 Å². The number of aryl methyl sites for hydroxylation is 2. The van der Waals surface area contributed by atoms with Gasteiger partial charge in [-0.1, -0.05) is 24.3 Å². The first-order chi connectivity index (χ1) is 12.1. The highest BCUT2D eigenvalue weighted by atomic mass is 19.4. The Hall–Kier alpha value is -2.87. The number of H-pyrrole nitrogens is 1. The summed E-state index contributed by atoms with van der Waals surface area (Å²) in [7, 11) is 0. The third-order valence-corrected chi connectivity index (χ3v) is 3.80. The largest absolute Gasteiger partial charge is 0.490 e. The number of aromatic nitrogens is 2. The second-order valence-electron chi connectivity index (χ2n) is 5.74. The van der Waals surface area contributed by atoms with Crippen LogP contribution in [0.2, 0.25) is 0 Å². The molecule has 5 nitrogen and oxygen atoms in total. The van der Waals surface area contributed by atoms with Crippen molar-refractivity contribution in [3.63, 3.8) is 0 Å². The van der Waals surface area contributed by atoms with Crippen LogP contribution in [0.1, 0.15) is 16.7 Å². The third kappa shape index (κ3) is 4.60. The van der Waals surface area contributed by atoms with Crippen molar-refractivity contribution in [3.8, 4) is 11.4 Å². The molecule has 2 aromatic carbocycles. The van der Waals surface area contributed by atoms with Crippen molar-refractivity contribution in [1.29, 1.82) is 0 Å². The van der Waals surface area contributed by atoms with Crippen LogP contribution < -0.4 is 5.73 Å². The quantitative estimate of drug-likeness (QED) is 0.641. The minimum Gasteiger partial charge on any atom is -0.475 e. The maximum Gasteiger partial charge on any atom is 0.490 e. The predicted octanol–water partition coefficient (Wildman–Crippen LogP) is 3.94. The molecule has 3 rings (SSSR count). The number of hydrogen-bond donors (Lipinski definition) is 3. The molecule has 4 N–H and O–H groups in total. The van der Waals surface area contributed by atoms with Gasteiger partial charge in [0.15, 0.2) is 0 Å². The first kappa shape index (κ1) is 19.5. The van der Waals surface area contributed by atoms with Crippen LogP contribution in [0.25, 0.3) is 22.4 Å². The number of aliphatic carboxylic acids is 1. The van der Waals surface area contributed by atoms with Crippen molar-refractivity contribution in [2.45, 2.75) is 26.6 Å². The molecule has 138 valence electrons. The fraction of sp³-hybridized carbons (Fsp3) is 0.222. The van der Waals surface area contributed by atoms with Gasteiger partial charge in [0.05, 0.1) is 11.0 Å². The summed E-state index contributed by atoms with van der Waals surface area (Å²) in [5.41, 5.74) is 12.5. The molecule has 0 fully saturated rings. The first-order valence-electron chi connectivity index (χ1n) is 7.68. The molecule has 1 aromatic heterocycles. The van der Waals surface area contributed by atoms with Gasteiger partial charge < -0.3 is 15.8 Å².